The fraction of sp³-hybridized carbons (Fsp3) is 0.212. The third-order valence-electron chi connectivity index (χ3n) is 6.78. The summed E-state index contributed by atoms with van der Waals surface area (Å²) in [6.07, 6.45) is 0. The summed E-state index contributed by atoms with van der Waals surface area (Å²) < 4.78 is 11.4. The Morgan fingerprint density at radius 1 is 0.925 bits per heavy atom. The molecule has 0 radical (unpaired) electrons. The number of Topliss-reactive ketones (excluding diaryl/α,β-unsaturated/α-hetero) is 1. The zero-order valence-electron chi connectivity index (χ0n) is 22.6. The number of anilines is 1. The van der Waals surface area contributed by atoms with Crippen LogP contribution in [0.3, 0.4) is 0 Å². The lowest BCUT2D eigenvalue weighted by Crippen LogP contribution is -2.29. The first-order valence-corrected chi connectivity index (χ1v) is 13.3. The molecule has 7 heteroatoms. The number of aliphatic hydroxyl groups excluding tert-OH is 1. The zero-order chi connectivity index (χ0) is 28.4. The maximum atomic E-state index is 13.7. The number of rotatable bonds is 8. The van der Waals surface area contributed by atoms with Crippen molar-refractivity contribution in [2.45, 2.75) is 26.8 Å². The van der Waals surface area contributed by atoms with E-state index in [1.807, 2.05) is 36.4 Å². The van der Waals surface area contributed by atoms with Gasteiger partial charge in [-0.05, 0) is 66.3 Å². The Morgan fingerprint density at radius 3 is 2.38 bits per heavy atom. The maximum Gasteiger partial charge on any atom is 0.300 e. The number of fused-ring (bicyclic) bond motifs is 1. The van der Waals surface area contributed by atoms with E-state index in [0.29, 0.717) is 41.7 Å². The summed E-state index contributed by atoms with van der Waals surface area (Å²) in [5.41, 5.74) is 1.36. The van der Waals surface area contributed by atoms with Gasteiger partial charge in [0.15, 0.2) is 11.5 Å². The highest BCUT2D eigenvalue weighted by Crippen LogP contribution is 2.45. The van der Waals surface area contributed by atoms with E-state index < -0.39 is 17.7 Å². The van der Waals surface area contributed by atoms with Gasteiger partial charge in [0.25, 0.3) is 11.7 Å². The van der Waals surface area contributed by atoms with Crippen molar-refractivity contribution in [1.82, 2.24) is 0 Å². The van der Waals surface area contributed by atoms with Crippen LogP contribution in [0.15, 0.2) is 90.5 Å². The molecule has 0 saturated carbocycles. The van der Waals surface area contributed by atoms with Crippen molar-refractivity contribution in [3.63, 3.8) is 0 Å². The molecule has 1 aliphatic rings. The predicted molar refractivity (Wildman–Crippen MR) is 155 cm³/mol. The quantitative estimate of drug-likeness (QED) is 0.149. The van der Waals surface area contributed by atoms with Crippen molar-refractivity contribution in [1.29, 1.82) is 0 Å². The number of carbonyl (C=O) groups excluding carboxylic acids is 2. The summed E-state index contributed by atoms with van der Waals surface area (Å²) in [5.74, 6) is -0.720. The van der Waals surface area contributed by atoms with Gasteiger partial charge in [0.1, 0.15) is 11.5 Å². The summed E-state index contributed by atoms with van der Waals surface area (Å²) in [7, 11) is 0. The third kappa shape index (κ3) is 4.98. The average molecular weight is 538 g/mol. The van der Waals surface area contributed by atoms with Crippen molar-refractivity contribution < 1.29 is 29.3 Å². The largest absolute Gasteiger partial charge is 0.507 e. The standard InChI is InChI=1S/C33H31NO6/c1-4-39-28-18-23(14-17-27(28)35)30-29(31(36)22-12-15-24(16-13-22)40-19-20(2)3)32(37)33(38)34(30)26-11-7-9-21-8-5-6-10-25(21)26/h5-18,20,30,35-36H,4,19H2,1-3H3/b31-29+. The van der Waals surface area contributed by atoms with Crippen LogP contribution >= 0.6 is 0 Å². The zero-order valence-corrected chi connectivity index (χ0v) is 22.6. The summed E-state index contributed by atoms with van der Waals surface area (Å²) >= 11 is 0. The minimum atomic E-state index is -0.970. The van der Waals surface area contributed by atoms with E-state index in [2.05, 4.69) is 13.8 Å². The van der Waals surface area contributed by atoms with Crippen LogP contribution in [-0.4, -0.2) is 35.1 Å². The van der Waals surface area contributed by atoms with Gasteiger partial charge in [-0.15, -0.1) is 0 Å². The second kappa shape index (κ2) is 11.1. The van der Waals surface area contributed by atoms with Gasteiger partial charge in [-0.25, -0.2) is 0 Å². The number of hydrogen-bond acceptors (Lipinski definition) is 6. The molecule has 1 unspecified atom stereocenters. The maximum absolute atomic E-state index is 13.7. The van der Waals surface area contributed by atoms with E-state index in [4.69, 9.17) is 9.47 Å². The molecule has 7 nitrogen and oxygen atoms in total. The molecule has 1 heterocycles. The Kier molecular flexibility index (Phi) is 7.47. The van der Waals surface area contributed by atoms with Crippen LogP contribution in [0.5, 0.6) is 17.2 Å². The number of phenols is 1. The highest BCUT2D eigenvalue weighted by atomic mass is 16.5. The molecule has 0 spiro atoms. The number of aliphatic hydroxyl groups is 1. The lowest BCUT2D eigenvalue weighted by molar-refractivity contribution is -0.132. The van der Waals surface area contributed by atoms with Crippen LogP contribution in [-0.2, 0) is 9.59 Å². The third-order valence-corrected chi connectivity index (χ3v) is 6.78. The number of amides is 1. The second-order valence-corrected chi connectivity index (χ2v) is 10.1. The normalized spacial score (nSPS) is 16.6. The molecule has 1 fully saturated rings. The molecule has 1 atom stereocenters. The number of benzene rings is 4. The lowest BCUT2D eigenvalue weighted by Gasteiger charge is -2.27. The molecule has 40 heavy (non-hydrogen) atoms. The Hall–Kier alpha value is -4.78. The Morgan fingerprint density at radius 2 is 1.65 bits per heavy atom. The molecule has 204 valence electrons. The van der Waals surface area contributed by atoms with Gasteiger partial charge >= 0.3 is 0 Å². The minimum absolute atomic E-state index is 0.0538. The van der Waals surface area contributed by atoms with E-state index in [1.165, 1.54) is 11.0 Å². The van der Waals surface area contributed by atoms with Crippen molar-refractivity contribution in [2.75, 3.05) is 18.1 Å². The van der Waals surface area contributed by atoms with Gasteiger partial charge in [0, 0.05) is 10.9 Å². The van der Waals surface area contributed by atoms with Crippen LogP contribution in [0.2, 0.25) is 0 Å². The molecule has 0 bridgehead atoms. The predicted octanol–water partition coefficient (Wildman–Crippen LogP) is 6.61. The topological polar surface area (TPSA) is 96.3 Å². The smallest absolute Gasteiger partial charge is 0.300 e. The van der Waals surface area contributed by atoms with Gasteiger partial charge in [-0.1, -0.05) is 56.3 Å². The van der Waals surface area contributed by atoms with Gasteiger partial charge in [-0.2, -0.15) is 0 Å². The molecule has 4 aromatic rings. The number of carbonyl (C=O) groups is 2. The number of ether oxygens (including phenoxy) is 2. The second-order valence-electron chi connectivity index (χ2n) is 10.1. The number of ketones is 1. The van der Waals surface area contributed by atoms with Gasteiger partial charge < -0.3 is 19.7 Å². The molecule has 4 aromatic carbocycles. The molecule has 5 rings (SSSR count). The van der Waals surface area contributed by atoms with Crippen molar-refractivity contribution in [2.24, 2.45) is 5.92 Å². The number of aromatic hydroxyl groups is 1. The molecule has 1 saturated heterocycles. The highest BCUT2D eigenvalue weighted by Gasteiger charge is 2.47. The number of phenolic OH excluding ortho intramolecular Hbond substituents is 1. The van der Waals surface area contributed by atoms with Crippen LogP contribution in [0.25, 0.3) is 16.5 Å². The van der Waals surface area contributed by atoms with Crippen LogP contribution in [0.1, 0.15) is 37.9 Å². The van der Waals surface area contributed by atoms with E-state index >= 15 is 0 Å². The minimum Gasteiger partial charge on any atom is -0.507 e. The lowest BCUT2D eigenvalue weighted by atomic mass is 9.94. The van der Waals surface area contributed by atoms with E-state index in [1.54, 1.807) is 49.4 Å². The number of nitrogens with zero attached hydrogens (tertiary/aromatic N) is 1. The first-order chi connectivity index (χ1) is 19.3. The average Bonchev–Trinajstić information content (AvgIpc) is 3.22. The fourth-order valence-electron chi connectivity index (χ4n) is 4.91. The van der Waals surface area contributed by atoms with E-state index in [9.17, 15) is 19.8 Å². The van der Waals surface area contributed by atoms with Crippen LogP contribution in [0.4, 0.5) is 5.69 Å². The molecule has 0 aromatic heterocycles. The van der Waals surface area contributed by atoms with Gasteiger partial charge in [-0.3, -0.25) is 14.5 Å². The van der Waals surface area contributed by atoms with E-state index in [-0.39, 0.29) is 22.8 Å². The van der Waals surface area contributed by atoms with E-state index in [0.717, 1.165) is 10.8 Å². The highest BCUT2D eigenvalue weighted by molar-refractivity contribution is 6.52. The Bertz CT molecular complexity index is 1600. The number of hydrogen-bond donors (Lipinski definition) is 2. The van der Waals surface area contributed by atoms with Crippen molar-refractivity contribution in [3.05, 3.63) is 102 Å². The molecule has 1 aliphatic heterocycles. The van der Waals surface area contributed by atoms with Crippen LogP contribution in [0, 0.1) is 5.92 Å². The Labute approximate surface area is 232 Å². The van der Waals surface area contributed by atoms with Crippen molar-refractivity contribution >= 4 is 33.9 Å². The van der Waals surface area contributed by atoms with Crippen LogP contribution < -0.4 is 14.4 Å². The first-order valence-electron chi connectivity index (χ1n) is 13.3. The first kappa shape index (κ1) is 26.8. The summed E-state index contributed by atoms with van der Waals surface area (Å²) in [5, 5.41) is 23.5. The monoisotopic (exact) mass is 537 g/mol. The summed E-state index contributed by atoms with van der Waals surface area (Å²) in [6.45, 7) is 6.75. The van der Waals surface area contributed by atoms with Crippen molar-refractivity contribution in [3.8, 4) is 17.2 Å². The molecule has 0 aliphatic carbocycles. The molecular formula is C33H31NO6. The molecular weight excluding hydrogens is 506 g/mol. The summed E-state index contributed by atoms with van der Waals surface area (Å²) in [6, 6.07) is 23.6. The Balaban J connectivity index is 1.69. The fourth-order valence-corrected chi connectivity index (χ4v) is 4.91. The summed E-state index contributed by atoms with van der Waals surface area (Å²) in [4.78, 5) is 28.7. The molecule has 2 N–H and O–H groups in total. The molecule has 1 amide bonds. The SMILES string of the molecule is CCOc1cc(C2/C(=C(\O)c3ccc(OCC(C)C)cc3)C(=O)C(=O)N2c2cccc3ccccc23)ccc1O. The van der Waals surface area contributed by atoms with Gasteiger partial charge in [0.2, 0.25) is 0 Å². The van der Waals surface area contributed by atoms with Gasteiger partial charge in [0.05, 0.1) is 30.5 Å².